The number of anilines is 1. The summed E-state index contributed by atoms with van der Waals surface area (Å²) in [5.41, 5.74) is 0. The minimum atomic E-state index is 0.274. The van der Waals surface area contributed by atoms with Gasteiger partial charge in [0.2, 0.25) is 5.96 Å². The molecule has 2 N–H and O–H groups in total. The summed E-state index contributed by atoms with van der Waals surface area (Å²) in [5.74, 6) is 1.65. The molecule has 1 aliphatic rings. The Labute approximate surface area is 87.1 Å². The van der Waals surface area contributed by atoms with Crippen LogP contribution in [0.15, 0.2) is 16.3 Å². The molecule has 0 aliphatic carbocycles. The lowest BCUT2D eigenvalue weighted by Gasteiger charge is -2.17. The molecule has 5 nitrogen and oxygen atoms in total. The number of rotatable bonds is 1. The van der Waals surface area contributed by atoms with Gasteiger partial charge in [0.25, 0.3) is 0 Å². The number of imidazole rings is 1. The van der Waals surface area contributed by atoms with Crippen LogP contribution in [0.5, 0.6) is 0 Å². The number of fused-ring (bicyclic) bond motifs is 1. The van der Waals surface area contributed by atoms with Crippen molar-refractivity contribution >= 4 is 23.7 Å². The highest BCUT2D eigenvalue weighted by atomic mass is 32.2. The Morgan fingerprint density at radius 1 is 1.57 bits per heavy atom. The lowest BCUT2D eigenvalue weighted by atomic mass is 10.4. The van der Waals surface area contributed by atoms with Crippen LogP contribution >= 0.6 is 11.9 Å². The largest absolute Gasteiger partial charge is 0.326 e. The molecule has 0 aromatic carbocycles. The summed E-state index contributed by atoms with van der Waals surface area (Å²) in [6.45, 7) is 4.07. The predicted octanol–water partition coefficient (Wildman–Crippen LogP) is 1.21. The third kappa shape index (κ3) is 1.70. The molecule has 6 heteroatoms. The molecule has 0 atom stereocenters. The number of hydrogen-bond donors (Lipinski definition) is 2. The molecule has 0 bridgehead atoms. The van der Waals surface area contributed by atoms with Gasteiger partial charge in [-0.1, -0.05) is 0 Å². The molecule has 0 unspecified atom stereocenters. The zero-order chi connectivity index (χ0) is 10.1. The summed E-state index contributed by atoms with van der Waals surface area (Å²) in [6, 6.07) is 0.274. The van der Waals surface area contributed by atoms with Crippen LogP contribution in [0.3, 0.4) is 0 Å². The summed E-state index contributed by atoms with van der Waals surface area (Å²) < 4.78 is 5.09. The lowest BCUT2D eigenvalue weighted by molar-refractivity contribution is 0.816. The number of nitrogens with one attached hydrogen (secondary N) is 2. The fourth-order valence-electron chi connectivity index (χ4n) is 1.18. The Morgan fingerprint density at radius 3 is 3.07 bits per heavy atom. The van der Waals surface area contributed by atoms with E-state index in [1.165, 1.54) is 11.9 Å². The van der Waals surface area contributed by atoms with Crippen molar-refractivity contribution in [2.45, 2.75) is 24.9 Å². The van der Waals surface area contributed by atoms with Gasteiger partial charge in [0.05, 0.1) is 6.33 Å². The lowest BCUT2D eigenvalue weighted by Crippen LogP contribution is -2.30. The molecule has 0 saturated heterocycles. The van der Waals surface area contributed by atoms with Crippen molar-refractivity contribution in [3.63, 3.8) is 0 Å². The van der Waals surface area contributed by atoms with Gasteiger partial charge in [-0.3, -0.25) is 4.72 Å². The van der Waals surface area contributed by atoms with Crippen molar-refractivity contribution < 1.29 is 0 Å². The van der Waals surface area contributed by atoms with Gasteiger partial charge in [-0.15, -0.1) is 0 Å². The summed E-state index contributed by atoms with van der Waals surface area (Å²) in [6.07, 6.45) is 1.78. The molecule has 1 aliphatic heterocycles. The second-order valence-electron chi connectivity index (χ2n) is 3.41. The van der Waals surface area contributed by atoms with Crippen LogP contribution in [0.2, 0.25) is 0 Å². The van der Waals surface area contributed by atoms with E-state index in [1.807, 2.05) is 25.5 Å². The Hall–Kier alpha value is -1.17. The van der Waals surface area contributed by atoms with Crippen molar-refractivity contribution in [3.8, 4) is 0 Å². The first-order valence-electron chi connectivity index (χ1n) is 4.46. The molecule has 1 aromatic rings. The molecule has 0 saturated carbocycles. The van der Waals surface area contributed by atoms with Gasteiger partial charge >= 0.3 is 0 Å². The first-order chi connectivity index (χ1) is 6.66. The SMILES string of the molecule is CC(C)N=C1NSc2c(ncn2C)N1. The van der Waals surface area contributed by atoms with Crippen LogP contribution in [0.25, 0.3) is 0 Å². The monoisotopic (exact) mass is 211 g/mol. The second kappa shape index (κ2) is 3.53. The van der Waals surface area contributed by atoms with E-state index >= 15 is 0 Å². The summed E-state index contributed by atoms with van der Waals surface area (Å²) in [7, 11) is 1.97. The van der Waals surface area contributed by atoms with Gasteiger partial charge < -0.3 is 9.88 Å². The summed E-state index contributed by atoms with van der Waals surface area (Å²) >= 11 is 1.53. The molecule has 0 amide bonds. The van der Waals surface area contributed by atoms with Gasteiger partial charge in [0, 0.05) is 25.0 Å². The van der Waals surface area contributed by atoms with E-state index in [2.05, 4.69) is 20.0 Å². The molecular formula is C8H13N5S. The molecule has 0 radical (unpaired) electrons. The fourth-order valence-corrected chi connectivity index (χ4v) is 1.86. The van der Waals surface area contributed by atoms with Crippen molar-refractivity contribution in [2.75, 3.05) is 5.32 Å². The third-order valence-corrected chi connectivity index (χ3v) is 2.72. The Bertz CT molecular complexity index is 368. The molecule has 2 rings (SSSR count). The van der Waals surface area contributed by atoms with E-state index < -0.39 is 0 Å². The Kier molecular flexibility index (Phi) is 2.37. The standard InChI is InChI=1S/C8H13N5S/c1-5(2)10-8-11-6-7(14-12-8)13(3)4-9-6/h4-5H,1-3H3,(H2,10,11,12). The molecule has 14 heavy (non-hydrogen) atoms. The molecule has 0 fully saturated rings. The third-order valence-electron chi connectivity index (χ3n) is 1.75. The van der Waals surface area contributed by atoms with E-state index in [4.69, 9.17) is 0 Å². The highest BCUT2D eigenvalue weighted by molar-refractivity contribution is 7.98. The normalized spacial score (nSPS) is 17.9. The average molecular weight is 211 g/mol. The van der Waals surface area contributed by atoms with E-state index in [9.17, 15) is 0 Å². The van der Waals surface area contributed by atoms with Crippen LogP contribution < -0.4 is 10.0 Å². The van der Waals surface area contributed by atoms with E-state index in [-0.39, 0.29) is 6.04 Å². The first kappa shape index (κ1) is 9.39. The highest BCUT2D eigenvalue weighted by Crippen LogP contribution is 2.26. The minimum absolute atomic E-state index is 0.274. The van der Waals surface area contributed by atoms with Crippen LogP contribution in [0, 0.1) is 0 Å². The quantitative estimate of drug-likeness (QED) is 0.685. The number of guanidine groups is 1. The Morgan fingerprint density at radius 2 is 2.36 bits per heavy atom. The predicted molar refractivity (Wildman–Crippen MR) is 58.4 cm³/mol. The molecule has 76 valence electrons. The number of nitrogens with zero attached hydrogens (tertiary/aromatic N) is 3. The second-order valence-corrected chi connectivity index (χ2v) is 4.20. The number of aryl methyl sites for hydroxylation is 1. The first-order valence-corrected chi connectivity index (χ1v) is 5.27. The van der Waals surface area contributed by atoms with Crippen LogP contribution in [-0.2, 0) is 7.05 Å². The maximum absolute atomic E-state index is 4.37. The van der Waals surface area contributed by atoms with Gasteiger partial charge in [-0.05, 0) is 13.8 Å². The zero-order valence-corrected chi connectivity index (χ0v) is 9.22. The summed E-state index contributed by atoms with van der Waals surface area (Å²) in [4.78, 5) is 8.59. The maximum Gasteiger partial charge on any atom is 0.207 e. The fraction of sp³-hybridized carbons (Fsp3) is 0.500. The smallest absolute Gasteiger partial charge is 0.207 e. The maximum atomic E-state index is 4.37. The zero-order valence-electron chi connectivity index (χ0n) is 8.40. The highest BCUT2D eigenvalue weighted by Gasteiger charge is 2.17. The average Bonchev–Trinajstić information content (AvgIpc) is 2.46. The summed E-state index contributed by atoms with van der Waals surface area (Å²) in [5, 5.41) is 4.21. The van der Waals surface area contributed by atoms with Crippen molar-refractivity contribution in [2.24, 2.45) is 12.0 Å². The number of hydrogen-bond acceptors (Lipinski definition) is 3. The van der Waals surface area contributed by atoms with E-state index in [1.54, 1.807) is 6.33 Å². The van der Waals surface area contributed by atoms with Gasteiger partial charge in [0.15, 0.2) is 5.82 Å². The van der Waals surface area contributed by atoms with Crippen LogP contribution in [0.1, 0.15) is 13.8 Å². The van der Waals surface area contributed by atoms with Crippen molar-refractivity contribution in [1.82, 2.24) is 14.3 Å². The number of aromatic nitrogens is 2. The molecule has 2 heterocycles. The van der Waals surface area contributed by atoms with Crippen molar-refractivity contribution in [3.05, 3.63) is 6.33 Å². The Balaban J connectivity index is 2.22. The van der Waals surface area contributed by atoms with E-state index in [0.29, 0.717) is 0 Å². The molecular weight excluding hydrogens is 198 g/mol. The van der Waals surface area contributed by atoms with Gasteiger partial charge in [0.1, 0.15) is 5.03 Å². The molecule has 1 aromatic heterocycles. The molecule has 0 spiro atoms. The number of aliphatic imine (C=N–C) groups is 1. The van der Waals surface area contributed by atoms with Crippen LogP contribution in [0.4, 0.5) is 5.82 Å². The topological polar surface area (TPSA) is 54.2 Å². The van der Waals surface area contributed by atoms with Crippen LogP contribution in [-0.4, -0.2) is 21.6 Å². The van der Waals surface area contributed by atoms with Gasteiger partial charge in [-0.2, -0.15) is 0 Å². The van der Waals surface area contributed by atoms with Gasteiger partial charge in [-0.25, -0.2) is 9.98 Å². The minimum Gasteiger partial charge on any atom is -0.326 e. The van der Waals surface area contributed by atoms with E-state index in [0.717, 1.165) is 16.8 Å². The van der Waals surface area contributed by atoms with Crippen molar-refractivity contribution in [1.29, 1.82) is 0 Å².